The van der Waals surface area contributed by atoms with E-state index >= 15 is 0 Å². The molecule has 0 amide bonds. The van der Waals surface area contributed by atoms with Gasteiger partial charge in [-0.25, -0.2) is 18.4 Å². The molecule has 0 atom stereocenters. The summed E-state index contributed by atoms with van der Waals surface area (Å²) in [6.45, 7) is 0. The number of nitrogens with two attached hydrogens (primary N) is 2. The Kier molecular flexibility index (Phi) is 3.95. The van der Waals surface area contributed by atoms with Gasteiger partial charge in [-0.3, -0.25) is 0 Å². The first kappa shape index (κ1) is 15.4. The van der Waals surface area contributed by atoms with Crippen LogP contribution in [-0.4, -0.2) is 19.5 Å². The van der Waals surface area contributed by atoms with E-state index in [-0.39, 0.29) is 22.7 Å². The molecule has 5 N–H and O–H groups in total. The lowest BCUT2D eigenvalue weighted by Crippen LogP contribution is -2.18. The minimum absolute atomic E-state index is 0.0181. The van der Waals surface area contributed by atoms with Crippen LogP contribution < -0.4 is 10.9 Å². The SMILES string of the molecule is Nc1c(Cl)c(C(=O)O)cc(S(N)(=O)=O)c1Cc1ccco1. The Morgan fingerprint density at radius 3 is 2.57 bits per heavy atom. The van der Waals surface area contributed by atoms with E-state index in [0.717, 1.165) is 6.07 Å². The highest BCUT2D eigenvalue weighted by molar-refractivity contribution is 7.89. The number of anilines is 1. The van der Waals surface area contributed by atoms with Crippen LogP contribution in [0.1, 0.15) is 21.7 Å². The summed E-state index contributed by atoms with van der Waals surface area (Å²) in [5, 5.41) is 13.9. The second kappa shape index (κ2) is 5.40. The van der Waals surface area contributed by atoms with Crippen molar-refractivity contribution in [2.75, 3.05) is 5.73 Å². The molecule has 0 spiro atoms. The molecular weight excluding hydrogens is 320 g/mol. The van der Waals surface area contributed by atoms with Gasteiger partial charge in [0.2, 0.25) is 10.0 Å². The summed E-state index contributed by atoms with van der Waals surface area (Å²) in [7, 11) is -4.18. The standard InChI is InChI=1S/C12H11ClN2O5S/c13-10-8(12(16)17)5-9(21(15,18)19)7(11(10)14)4-6-2-1-3-20-6/h1-3,5H,4,14H2,(H,16,17)(H2,15,18,19). The topological polar surface area (TPSA) is 137 Å². The number of carbonyl (C=O) groups is 1. The molecule has 112 valence electrons. The van der Waals surface area contributed by atoms with E-state index in [1.807, 2.05) is 0 Å². The molecule has 0 aliphatic rings. The van der Waals surface area contributed by atoms with Crippen LogP contribution in [-0.2, 0) is 16.4 Å². The summed E-state index contributed by atoms with van der Waals surface area (Å²) < 4.78 is 28.5. The zero-order valence-electron chi connectivity index (χ0n) is 10.5. The molecule has 1 aromatic heterocycles. The zero-order chi connectivity index (χ0) is 15.8. The highest BCUT2D eigenvalue weighted by atomic mass is 35.5. The Balaban J connectivity index is 2.73. The third-order valence-electron chi connectivity index (χ3n) is 2.84. The zero-order valence-corrected chi connectivity index (χ0v) is 12.1. The molecule has 0 saturated carbocycles. The quantitative estimate of drug-likeness (QED) is 0.725. The molecule has 2 aromatic rings. The van der Waals surface area contributed by atoms with Gasteiger partial charge in [-0.05, 0) is 18.2 Å². The molecule has 0 saturated heterocycles. The van der Waals surface area contributed by atoms with E-state index in [1.165, 1.54) is 6.26 Å². The lowest BCUT2D eigenvalue weighted by atomic mass is 10.0. The number of halogens is 1. The van der Waals surface area contributed by atoms with E-state index in [4.69, 9.17) is 32.0 Å². The number of furan rings is 1. The van der Waals surface area contributed by atoms with Gasteiger partial charge >= 0.3 is 5.97 Å². The van der Waals surface area contributed by atoms with Crippen LogP contribution in [0.4, 0.5) is 5.69 Å². The molecule has 0 fully saturated rings. The lowest BCUT2D eigenvalue weighted by Gasteiger charge is -2.13. The van der Waals surface area contributed by atoms with Crippen molar-refractivity contribution in [2.45, 2.75) is 11.3 Å². The summed E-state index contributed by atoms with van der Waals surface area (Å²) in [6.07, 6.45) is 1.43. The van der Waals surface area contributed by atoms with Crippen molar-refractivity contribution in [3.8, 4) is 0 Å². The van der Waals surface area contributed by atoms with Gasteiger partial charge in [0.05, 0.1) is 27.4 Å². The van der Waals surface area contributed by atoms with Crippen molar-refractivity contribution >= 4 is 33.3 Å². The number of carboxylic acids is 1. The van der Waals surface area contributed by atoms with Crippen molar-refractivity contribution in [3.05, 3.63) is 46.4 Å². The third-order valence-corrected chi connectivity index (χ3v) is 4.22. The Hall–Kier alpha value is -2.03. The van der Waals surface area contributed by atoms with Crippen LogP contribution in [0, 0.1) is 0 Å². The molecule has 0 radical (unpaired) electrons. The highest BCUT2D eigenvalue weighted by Crippen LogP contribution is 2.34. The monoisotopic (exact) mass is 330 g/mol. The second-order valence-electron chi connectivity index (χ2n) is 4.23. The van der Waals surface area contributed by atoms with Crippen molar-refractivity contribution in [3.63, 3.8) is 0 Å². The number of aromatic carboxylic acids is 1. The van der Waals surface area contributed by atoms with Crippen LogP contribution in [0.2, 0.25) is 5.02 Å². The minimum Gasteiger partial charge on any atom is -0.478 e. The summed E-state index contributed by atoms with van der Waals surface area (Å²) in [5.74, 6) is -0.966. The van der Waals surface area contributed by atoms with Crippen LogP contribution in [0.15, 0.2) is 33.8 Å². The highest BCUT2D eigenvalue weighted by Gasteiger charge is 2.24. The van der Waals surface area contributed by atoms with Gasteiger partial charge in [0, 0.05) is 12.0 Å². The third kappa shape index (κ3) is 3.02. The Labute approximate surface area is 125 Å². The number of rotatable bonds is 4. The molecule has 0 aliphatic carbocycles. The number of hydrogen-bond acceptors (Lipinski definition) is 5. The summed E-state index contributed by atoms with van der Waals surface area (Å²) in [4.78, 5) is 10.7. The van der Waals surface area contributed by atoms with Gasteiger partial charge in [0.1, 0.15) is 5.76 Å². The fraction of sp³-hybridized carbons (Fsp3) is 0.0833. The Morgan fingerprint density at radius 1 is 1.43 bits per heavy atom. The van der Waals surface area contributed by atoms with E-state index in [0.29, 0.717) is 5.76 Å². The Morgan fingerprint density at radius 2 is 2.10 bits per heavy atom. The smallest absolute Gasteiger partial charge is 0.337 e. The van der Waals surface area contributed by atoms with Crippen molar-refractivity contribution < 1.29 is 22.7 Å². The first-order chi connectivity index (χ1) is 9.71. The predicted molar refractivity (Wildman–Crippen MR) is 75.7 cm³/mol. The normalized spacial score (nSPS) is 11.5. The first-order valence-electron chi connectivity index (χ1n) is 5.61. The average molecular weight is 331 g/mol. The van der Waals surface area contributed by atoms with E-state index in [9.17, 15) is 13.2 Å². The predicted octanol–water partition coefficient (Wildman–Crippen LogP) is 1.45. The molecule has 1 heterocycles. The van der Waals surface area contributed by atoms with Crippen LogP contribution in [0.3, 0.4) is 0 Å². The number of primary sulfonamides is 1. The first-order valence-corrected chi connectivity index (χ1v) is 7.53. The van der Waals surface area contributed by atoms with E-state index < -0.39 is 26.5 Å². The summed E-state index contributed by atoms with van der Waals surface area (Å²) in [6, 6.07) is 4.13. The van der Waals surface area contributed by atoms with Gasteiger partial charge < -0.3 is 15.3 Å². The number of carboxylic acid groups (broad SMARTS) is 1. The minimum atomic E-state index is -4.18. The number of benzene rings is 1. The molecule has 7 nitrogen and oxygen atoms in total. The maximum absolute atomic E-state index is 11.7. The van der Waals surface area contributed by atoms with Crippen molar-refractivity contribution in [1.82, 2.24) is 0 Å². The van der Waals surface area contributed by atoms with Crippen LogP contribution >= 0.6 is 11.6 Å². The van der Waals surface area contributed by atoms with E-state index in [2.05, 4.69) is 0 Å². The summed E-state index contributed by atoms with van der Waals surface area (Å²) in [5.41, 5.74) is 5.29. The second-order valence-corrected chi connectivity index (χ2v) is 6.14. The largest absolute Gasteiger partial charge is 0.478 e. The average Bonchev–Trinajstić information content (AvgIpc) is 2.86. The van der Waals surface area contributed by atoms with Gasteiger partial charge in [-0.1, -0.05) is 11.6 Å². The van der Waals surface area contributed by atoms with Crippen molar-refractivity contribution in [1.29, 1.82) is 0 Å². The molecule has 21 heavy (non-hydrogen) atoms. The molecule has 0 aliphatic heterocycles. The number of nitrogen functional groups attached to an aromatic ring is 1. The lowest BCUT2D eigenvalue weighted by molar-refractivity contribution is 0.0697. The van der Waals surface area contributed by atoms with Crippen molar-refractivity contribution in [2.24, 2.45) is 5.14 Å². The maximum atomic E-state index is 11.7. The Bertz CT molecular complexity index is 800. The van der Waals surface area contributed by atoms with Gasteiger partial charge in [-0.15, -0.1) is 0 Å². The number of hydrogen-bond donors (Lipinski definition) is 3. The van der Waals surface area contributed by atoms with E-state index in [1.54, 1.807) is 12.1 Å². The van der Waals surface area contributed by atoms with Gasteiger partial charge in [-0.2, -0.15) is 0 Å². The molecule has 0 bridgehead atoms. The molecule has 1 aromatic carbocycles. The molecule has 0 unspecified atom stereocenters. The van der Waals surface area contributed by atoms with Gasteiger partial charge in [0.25, 0.3) is 0 Å². The van der Waals surface area contributed by atoms with Crippen LogP contribution in [0.5, 0.6) is 0 Å². The fourth-order valence-corrected chi connectivity index (χ4v) is 2.93. The molecule has 9 heteroatoms. The maximum Gasteiger partial charge on any atom is 0.337 e. The fourth-order valence-electron chi connectivity index (χ4n) is 1.87. The number of sulfonamides is 1. The molecule has 2 rings (SSSR count). The van der Waals surface area contributed by atoms with Crippen LogP contribution in [0.25, 0.3) is 0 Å². The van der Waals surface area contributed by atoms with Gasteiger partial charge in [0.15, 0.2) is 0 Å². The molecular formula is C12H11ClN2O5S. The summed E-state index contributed by atoms with van der Waals surface area (Å²) >= 11 is 5.88.